The van der Waals surface area contributed by atoms with Crippen LogP contribution in [0, 0.1) is 11.8 Å². The average Bonchev–Trinajstić information content (AvgIpc) is 2.27. The van der Waals surface area contributed by atoms with Crippen LogP contribution in [0.2, 0.25) is 0 Å². The fourth-order valence-electron chi connectivity index (χ4n) is 2.70. The van der Waals surface area contributed by atoms with Crippen molar-refractivity contribution in [1.82, 2.24) is 10.2 Å². The summed E-state index contributed by atoms with van der Waals surface area (Å²) in [7, 11) is 4.04. The van der Waals surface area contributed by atoms with Crippen LogP contribution in [-0.4, -0.2) is 44.0 Å². The summed E-state index contributed by atoms with van der Waals surface area (Å²) in [6, 6.07) is 0.218. The number of rotatable bonds is 5. The quantitative estimate of drug-likeness (QED) is 0.749. The van der Waals surface area contributed by atoms with Crippen LogP contribution in [0.15, 0.2) is 0 Å². The molecule has 0 aromatic rings. The second-order valence-electron chi connectivity index (χ2n) is 5.64. The van der Waals surface area contributed by atoms with Gasteiger partial charge in [0.1, 0.15) is 0 Å². The maximum absolute atomic E-state index is 12.1. The number of nitrogens with two attached hydrogens (primary N) is 1. The Balaban J connectivity index is 2.36. The van der Waals surface area contributed by atoms with Crippen molar-refractivity contribution >= 4 is 5.91 Å². The van der Waals surface area contributed by atoms with Gasteiger partial charge in [0.05, 0.1) is 0 Å². The Morgan fingerprint density at radius 3 is 2.76 bits per heavy atom. The van der Waals surface area contributed by atoms with Crippen LogP contribution in [0.4, 0.5) is 0 Å². The summed E-state index contributed by atoms with van der Waals surface area (Å²) in [6.07, 6.45) is 4.32. The van der Waals surface area contributed by atoms with Crippen LogP contribution in [-0.2, 0) is 4.79 Å². The molecule has 0 aromatic heterocycles. The van der Waals surface area contributed by atoms with Crippen molar-refractivity contribution in [2.75, 3.05) is 27.2 Å². The van der Waals surface area contributed by atoms with Gasteiger partial charge in [-0.25, -0.2) is 0 Å². The van der Waals surface area contributed by atoms with Crippen molar-refractivity contribution in [3.8, 4) is 0 Å². The first-order valence-electron chi connectivity index (χ1n) is 6.68. The zero-order valence-electron chi connectivity index (χ0n) is 11.4. The molecule has 4 heteroatoms. The van der Waals surface area contributed by atoms with Crippen LogP contribution >= 0.6 is 0 Å². The fourth-order valence-corrected chi connectivity index (χ4v) is 2.70. The molecule has 3 N–H and O–H groups in total. The van der Waals surface area contributed by atoms with E-state index >= 15 is 0 Å². The Morgan fingerprint density at radius 1 is 1.47 bits per heavy atom. The summed E-state index contributed by atoms with van der Waals surface area (Å²) in [4.78, 5) is 14.2. The topological polar surface area (TPSA) is 58.4 Å². The summed E-state index contributed by atoms with van der Waals surface area (Å²) in [6.45, 7) is 3.66. The Morgan fingerprint density at radius 2 is 2.18 bits per heavy atom. The molecule has 3 atom stereocenters. The number of likely N-dealkylation sites (N-methyl/N-ethyl adjacent to an activating group) is 1. The molecule has 4 nitrogen and oxygen atoms in total. The van der Waals surface area contributed by atoms with Crippen molar-refractivity contribution in [2.45, 2.75) is 38.6 Å². The molecule has 1 fully saturated rings. The van der Waals surface area contributed by atoms with E-state index in [0.29, 0.717) is 5.92 Å². The SMILES string of the molecule is CC(CN(C)C)NC(=O)C1CCCC(CN)C1. The summed E-state index contributed by atoms with van der Waals surface area (Å²) >= 11 is 0. The molecule has 0 heterocycles. The van der Waals surface area contributed by atoms with E-state index in [9.17, 15) is 4.79 Å². The third-order valence-corrected chi connectivity index (χ3v) is 3.51. The van der Waals surface area contributed by atoms with Gasteiger partial charge < -0.3 is 16.0 Å². The molecular formula is C13H27N3O. The minimum absolute atomic E-state index is 0.182. The van der Waals surface area contributed by atoms with E-state index in [2.05, 4.69) is 17.1 Å². The normalized spacial score (nSPS) is 26.9. The third-order valence-electron chi connectivity index (χ3n) is 3.51. The number of hydrogen-bond donors (Lipinski definition) is 2. The summed E-state index contributed by atoms with van der Waals surface area (Å²) in [5.41, 5.74) is 5.69. The van der Waals surface area contributed by atoms with Gasteiger partial charge in [-0.05, 0) is 52.7 Å². The molecule has 0 bridgehead atoms. The first-order chi connectivity index (χ1) is 8.02. The monoisotopic (exact) mass is 241 g/mol. The molecule has 0 spiro atoms. The van der Waals surface area contributed by atoms with E-state index in [1.807, 2.05) is 14.1 Å². The first-order valence-corrected chi connectivity index (χ1v) is 6.68. The summed E-state index contributed by atoms with van der Waals surface area (Å²) in [5, 5.41) is 3.10. The lowest BCUT2D eigenvalue weighted by atomic mass is 9.81. The van der Waals surface area contributed by atoms with Crippen molar-refractivity contribution in [1.29, 1.82) is 0 Å². The van der Waals surface area contributed by atoms with Gasteiger partial charge >= 0.3 is 0 Å². The highest BCUT2D eigenvalue weighted by Crippen LogP contribution is 2.28. The van der Waals surface area contributed by atoms with Gasteiger partial charge in [-0.15, -0.1) is 0 Å². The number of nitrogens with zero attached hydrogens (tertiary/aromatic N) is 1. The van der Waals surface area contributed by atoms with Crippen LogP contribution < -0.4 is 11.1 Å². The van der Waals surface area contributed by atoms with E-state index in [-0.39, 0.29) is 17.9 Å². The molecule has 100 valence electrons. The molecular weight excluding hydrogens is 214 g/mol. The van der Waals surface area contributed by atoms with E-state index in [4.69, 9.17) is 5.73 Å². The smallest absolute Gasteiger partial charge is 0.223 e. The average molecular weight is 241 g/mol. The van der Waals surface area contributed by atoms with E-state index < -0.39 is 0 Å². The largest absolute Gasteiger partial charge is 0.352 e. The zero-order valence-corrected chi connectivity index (χ0v) is 11.4. The maximum atomic E-state index is 12.1. The highest BCUT2D eigenvalue weighted by Gasteiger charge is 2.27. The Bertz CT molecular complexity index is 243. The number of carbonyl (C=O) groups excluding carboxylic acids is 1. The van der Waals surface area contributed by atoms with Crippen LogP contribution in [0.25, 0.3) is 0 Å². The maximum Gasteiger partial charge on any atom is 0.223 e. The standard InChI is InChI=1S/C13H27N3O/c1-10(9-16(2)3)15-13(17)12-6-4-5-11(7-12)8-14/h10-12H,4-9,14H2,1-3H3,(H,15,17). The van der Waals surface area contributed by atoms with E-state index in [0.717, 1.165) is 32.4 Å². The molecule has 3 unspecified atom stereocenters. The van der Waals surface area contributed by atoms with Gasteiger partial charge in [-0.2, -0.15) is 0 Å². The molecule has 0 saturated heterocycles. The third kappa shape index (κ3) is 5.04. The van der Waals surface area contributed by atoms with Crippen LogP contribution in [0.5, 0.6) is 0 Å². The molecule has 1 aliphatic rings. The van der Waals surface area contributed by atoms with Crippen molar-refractivity contribution in [3.63, 3.8) is 0 Å². The van der Waals surface area contributed by atoms with Gasteiger partial charge in [0.15, 0.2) is 0 Å². The van der Waals surface area contributed by atoms with Crippen LogP contribution in [0.1, 0.15) is 32.6 Å². The second kappa shape index (κ2) is 6.97. The number of amides is 1. The summed E-state index contributed by atoms with van der Waals surface area (Å²) < 4.78 is 0. The van der Waals surface area contributed by atoms with Gasteiger partial charge in [-0.3, -0.25) is 4.79 Å². The zero-order chi connectivity index (χ0) is 12.8. The highest BCUT2D eigenvalue weighted by atomic mass is 16.1. The lowest BCUT2D eigenvalue weighted by molar-refractivity contribution is -0.127. The molecule has 1 rings (SSSR count). The molecule has 0 aromatic carbocycles. The predicted octanol–water partition coefficient (Wildman–Crippen LogP) is 0.818. The minimum Gasteiger partial charge on any atom is -0.352 e. The van der Waals surface area contributed by atoms with Gasteiger partial charge in [-0.1, -0.05) is 6.42 Å². The fraction of sp³-hybridized carbons (Fsp3) is 0.923. The van der Waals surface area contributed by atoms with Gasteiger partial charge in [0.25, 0.3) is 0 Å². The molecule has 1 amide bonds. The Labute approximate surface area is 105 Å². The second-order valence-corrected chi connectivity index (χ2v) is 5.64. The summed E-state index contributed by atoms with van der Waals surface area (Å²) in [5.74, 6) is 0.947. The number of carbonyl (C=O) groups is 1. The number of nitrogens with one attached hydrogen (secondary N) is 1. The number of hydrogen-bond acceptors (Lipinski definition) is 3. The lowest BCUT2D eigenvalue weighted by Crippen LogP contribution is -2.43. The molecule has 0 aliphatic heterocycles. The molecule has 0 radical (unpaired) electrons. The van der Waals surface area contributed by atoms with E-state index in [1.165, 1.54) is 6.42 Å². The molecule has 17 heavy (non-hydrogen) atoms. The van der Waals surface area contributed by atoms with Crippen molar-refractivity contribution in [2.24, 2.45) is 17.6 Å². The lowest BCUT2D eigenvalue weighted by Gasteiger charge is -2.29. The highest BCUT2D eigenvalue weighted by molar-refractivity contribution is 5.79. The van der Waals surface area contributed by atoms with Crippen molar-refractivity contribution in [3.05, 3.63) is 0 Å². The van der Waals surface area contributed by atoms with Gasteiger partial charge in [0.2, 0.25) is 5.91 Å². The van der Waals surface area contributed by atoms with Gasteiger partial charge in [0, 0.05) is 18.5 Å². The van der Waals surface area contributed by atoms with Crippen LogP contribution in [0.3, 0.4) is 0 Å². The molecule has 1 aliphatic carbocycles. The predicted molar refractivity (Wildman–Crippen MR) is 70.7 cm³/mol. The van der Waals surface area contributed by atoms with E-state index in [1.54, 1.807) is 0 Å². The molecule has 1 saturated carbocycles. The Kier molecular flexibility index (Phi) is 5.92. The first kappa shape index (κ1) is 14.5. The minimum atomic E-state index is 0.182. The Hall–Kier alpha value is -0.610. The van der Waals surface area contributed by atoms with Crippen molar-refractivity contribution < 1.29 is 4.79 Å².